The summed E-state index contributed by atoms with van der Waals surface area (Å²) in [6.07, 6.45) is 6.84. The number of anilines is 1. The Kier molecular flexibility index (Phi) is 7.76. The Morgan fingerprint density at radius 2 is 1.92 bits per heavy atom. The summed E-state index contributed by atoms with van der Waals surface area (Å²) in [6.45, 7) is 5.08. The van der Waals surface area contributed by atoms with E-state index in [9.17, 15) is 9.59 Å². The first-order valence-electron chi connectivity index (χ1n) is 17.7. The van der Waals surface area contributed by atoms with Crippen LogP contribution in [0.3, 0.4) is 0 Å². The molecule has 0 bridgehead atoms. The lowest BCUT2D eigenvalue weighted by molar-refractivity contribution is 0.0776. The van der Waals surface area contributed by atoms with Crippen LogP contribution in [-0.4, -0.2) is 44.6 Å². The number of carbonyl (C=O) groups excluding carboxylic acids is 1. The number of fused-ring (bicyclic) bond motifs is 5. The van der Waals surface area contributed by atoms with Crippen LogP contribution in [0.25, 0.3) is 31.9 Å². The number of H-pyrrole nitrogens is 1. The van der Waals surface area contributed by atoms with Crippen molar-refractivity contribution in [2.24, 2.45) is 0 Å². The molecule has 9 rings (SSSR count). The molecule has 1 saturated heterocycles. The lowest BCUT2D eigenvalue weighted by Gasteiger charge is -2.17. The van der Waals surface area contributed by atoms with Crippen LogP contribution in [0.4, 0.5) is 5.82 Å². The third kappa shape index (κ3) is 5.33. The Balaban J connectivity index is 1.18. The molecular formula is C40H38N6O4S. The lowest BCUT2D eigenvalue weighted by Crippen LogP contribution is -2.22. The molecule has 2 aromatic carbocycles. The smallest absolute Gasteiger partial charge is 0.439 e. The molecule has 0 spiro atoms. The van der Waals surface area contributed by atoms with Crippen LogP contribution in [0, 0.1) is 0 Å². The number of rotatable bonds is 9. The van der Waals surface area contributed by atoms with E-state index in [-0.39, 0.29) is 23.8 Å². The van der Waals surface area contributed by atoms with Crippen LogP contribution in [0.1, 0.15) is 95.1 Å². The molecule has 0 saturated carbocycles. The van der Waals surface area contributed by atoms with Gasteiger partial charge in [-0.05, 0) is 90.3 Å². The summed E-state index contributed by atoms with van der Waals surface area (Å²) in [5.74, 6) is 1.76. The van der Waals surface area contributed by atoms with E-state index in [0.717, 1.165) is 75.6 Å². The molecule has 4 aromatic heterocycles. The van der Waals surface area contributed by atoms with Gasteiger partial charge in [-0.25, -0.2) is 9.78 Å². The van der Waals surface area contributed by atoms with Crippen LogP contribution >= 0.6 is 11.3 Å². The van der Waals surface area contributed by atoms with Crippen LogP contribution in [-0.2, 0) is 19.3 Å². The number of nitrogens with zero attached hydrogens (tertiary/aromatic N) is 4. The van der Waals surface area contributed by atoms with Gasteiger partial charge in [-0.3, -0.25) is 19.3 Å². The molecule has 258 valence electrons. The molecule has 3 aliphatic rings. The molecule has 2 aliphatic heterocycles. The minimum atomic E-state index is -0.654. The monoisotopic (exact) mass is 698 g/mol. The van der Waals surface area contributed by atoms with Crippen molar-refractivity contribution in [1.82, 2.24) is 25.0 Å². The van der Waals surface area contributed by atoms with Crippen molar-refractivity contribution in [2.75, 3.05) is 19.0 Å². The molecule has 1 aliphatic carbocycles. The quantitative estimate of drug-likeness (QED) is 0.156. The van der Waals surface area contributed by atoms with Gasteiger partial charge in [0.25, 0.3) is 5.91 Å². The predicted molar refractivity (Wildman–Crippen MR) is 198 cm³/mol. The second-order valence-electron chi connectivity index (χ2n) is 14.0. The normalized spacial score (nSPS) is 17.7. The molecule has 2 atom stereocenters. The third-order valence-corrected chi connectivity index (χ3v) is 11.9. The van der Waals surface area contributed by atoms with Gasteiger partial charge >= 0.3 is 5.76 Å². The predicted octanol–water partition coefficient (Wildman–Crippen LogP) is 8.01. The van der Waals surface area contributed by atoms with Gasteiger partial charge in [0.2, 0.25) is 0 Å². The third-order valence-electron chi connectivity index (χ3n) is 10.8. The number of methoxy groups -OCH3 is 1. The summed E-state index contributed by atoms with van der Waals surface area (Å²) in [5.41, 5.74) is 8.52. The summed E-state index contributed by atoms with van der Waals surface area (Å²) in [6, 6.07) is 19.1. The van der Waals surface area contributed by atoms with E-state index in [1.807, 2.05) is 29.3 Å². The molecule has 6 aromatic rings. The van der Waals surface area contributed by atoms with Crippen molar-refractivity contribution >= 4 is 33.1 Å². The Bertz CT molecular complexity index is 2380. The second-order valence-corrected chi connectivity index (χ2v) is 15.1. The molecule has 0 unspecified atom stereocenters. The first-order valence-corrected chi connectivity index (χ1v) is 18.5. The van der Waals surface area contributed by atoms with Crippen molar-refractivity contribution in [3.63, 3.8) is 0 Å². The van der Waals surface area contributed by atoms with E-state index in [0.29, 0.717) is 30.0 Å². The van der Waals surface area contributed by atoms with Gasteiger partial charge in [-0.2, -0.15) is 0 Å². The first-order chi connectivity index (χ1) is 24.9. The highest BCUT2D eigenvalue weighted by Crippen LogP contribution is 2.50. The number of thiophene rings is 1. The largest absolute Gasteiger partial charge is 0.496 e. The zero-order chi connectivity index (χ0) is 34.8. The highest BCUT2D eigenvalue weighted by molar-refractivity contribution is 7.23. The number of carbonyl (C=O) groups is 1. The molecule has 0 radical (unpaired) electrons. The SMILES string of the molecule is COc1cccc2c1CC[C@H]2Nc1nccc2cc(-c3c4c(nc(CCc5ccc(C(C)C)cc5)c3-c3noc(=O)[nH]3)[C@H]3CCCN3C4=O)sc12. The maximum atomic E-state index is 14.3. The second kappa shape index (κ2) is 12.5. The van der Waals surface area contributed by atoms with E-state index in [1.165, 1.54) is 22.3 Å². The maximum Gasteiger partial charge on any atom is 0.439 e. The number of ether oxygens (including phenoxy) is 1. The Morgan fingerprint density at radius 3 is 2.71 bits per heavy atom. The van der Waals surface area contributed by atoms with E-state index in [4.69, 9.17) is 19.2 Å². The molecule has 11 heteroatoms. The number of aromatic amines is 1. The molecule has 2 N–H and O–H groups in total. The summed E-state index contributed by atoms with van der Waals surface area (Å²) >= 11 is 1.59. The molecule has 6 heterocycles. The van der Waals surface area contributed by atoms with Crippen molar-refractivity contribution in [3.8, 4) is 27.6 Å². The molecular weight excluding hydrogens is 661 g/mol. The first kappa shape index (κ1) is 31.7. The van der Waals surface area contributed by atoms with Crippen LogP contribution < -0.4 is 15.8 Å². The van der Waals surface area contributed by atoms with Crippen molar-refractivity contribution in [3.05, 3.63) is 111 Å². The summed E-state index contributed by atoms with van der Waals surface area (Å²) in [5, 5.41) is 8.93. The summed E-state index contributed by atoms with van der Waals surface area (Å²) < 4.78 is 11.7. The van der Waals surface area contributed by atoms with Crippen LogP contribution in [0.5, 0.6) is 5.75 Å². The van der Waals surface area contributed by atoms with E-state index >= 15 is 0 Å². The molecule has 10 nitrogen and oxygen atoms in total. The fourth-order valence-electron chi connectivity index (χ4n) is 8.22. The Labute approximate surface area is 298 Å². The van der Waals surface area contributed by atoms with E-state index < -0.39 is 5.76 Å². The van der Waals surface area contributed by atoms with Gasteiger partial charge < -0.3 is 15.0 Å². The van der Waals surface area contributed by atoms with E-state index in [1.54, 1.807) is 18.4 Å². The average Bonchev–Trinajstić information content (AvgIpc) is 3.98. The number of pyridine rings is 2. The number of hydrogen-bond donors (Lipinski definition) is 2. The molecule has 51 heavy (non-hydrogen) atoms. The highest BCUT2D eigenvalue weighted by atomic mass is 32.1. The zero-order valence-electron chi connectivity index (χ0n) is 28.8. The van der Waals surface area contributed by atoms with Crippen molar-refractivity contribution in [2.45, 2.75) is 70.4 Å². The van der Waals surface area contributed by atoms with Gasteiger partial charge in [0.1, 0.15) is 11.6 Å². The topological polar surface area (TPSA) is 126 Å². The van der Waals surface area contributed by atoms with Crippen LogP contribution in [0.2, 0.25) is 0 Å². The van der Waals surface area contributed by atoms with Gasteiger partial charge in [0.15, 0.2) is 5.82 Å². The standard InChI is InChI=1S/C40H38N6O4S/c1-21(2)23-12-9-22(10-13-23)11-15-28-32(37-44-40(48)50-45-37)33(34-35(42-28)29-7-5-19-46(29)39(34)47)31-20-24-17-18-41-38(36(24)51-31)43-27-16-14-26-25(27)6-4-8-30(26)49-3/h4,6,8-10,12-13,17-18,20-21,27,29H,5,7,11,14-16,19H2,1-3H3,(H,41,43)(H,44,45,48)/t27-,29-/m1/s1. The van der Waals surface area contributed by atoms with E-state index in [2.05, 4.69) is 65.7 Å². The number of amides is 1. The number of aryl methyl sites for hydroxylation is 2. The highest BCUT2D eigenvalue weighted by Gasteiger charge is 2.44. The van der Waals surface area contributed by atoms with Crippen molar-refractivity contribution < 1.29 is 14.1 Å². The fourth-order valence-corrected chi connectivity index (χ4v) is 9.38. The Morgan fingerprint density at radius 1 is 1.06 bits per heavy atom. The Hall–Kier alpha value is -5.29. The van der Waals surface area contributed by atoms with Crippen LogP contribution in [0.15, 0.2) is 70.1 Å². The van der Waals surface area contributed by atoms with Crippen molar-refractivity contribution in [1.29, 1.82) is 0 Å². The molecule has 1 fully saturated rings. The zero-order valence-corrected chi connectivity index (χ0v) is 29.6. The average molecular weight is 699 g/mol. The van der Waals surface area contributed by atoms with Gasteiger partial charge in [0, 0.05) is 23.2 Å². The minimum Gasteiger partial charge on any atom is -0.496 e. The number of nitrogens with one attached hydrogen (secondary N) is 2. The van der Waals surface area contributed by atoms with Gasteiger partial charge in [0.05, 0.1) is 46.4 Å². The minimum absolute atomic E-state index is 0.0247. The number of benzene rings is 2. The maximum absolute atomic E-state index is 14.3. The number of hydrogen-bond acceptors (Lipinski definition) is 9. The molecule has 1 amide bonds. The lowest BCUT2D eigenvalue weighted by atomic mass is 9.92. The number of aromatic nitrogens is 4. The summed E-state index contributed by atoms with van der Waals surface area (Å²) in [4.78, 5) is 42.4. The van der Waals surface area contributed by atoms with Gasteiger partial charge in [-0.15, -0.1) is 11.3 Å². The van der Waals surface area contributed by atoms with Gasteiger partial charge in [-0.1, -0.05) is 55.4 Å². The fraction of sp³-hybridized carbons (Fsp3) is 0.325. The summed E-state index contributed by atoms with van der Waals surface area (Å²) in [7, 11) is 1.72.